The molecule has 5 nitrogen and oxygen atoms in total. The lowest BCUT2D eigenvalue weighted by molar-refractivity contribution is -0.0481. The predicted molar refractivity (Wildman–Crippen MR) is 130 cm³/mol. The Morgan fingerprint density at radius 3 is 2.11 bits per heavy atom. The van der Waals surface area contributed by atoms with Gasteiger partial charge >= 0.3 is 0 Å². The van der Waals surface area contributed by atoms with Gasteiger partial charge in [0.2, 0.25) is 17.8 Å². The zero-order valence-electron chi connectivity index (χ0n) is 21.2. The van der Waals surface area contributed by atoms with Gasteiger partial charge < -0.3 is 5.32 Å². The molecule has 2 heterocycles. The van der Waals surface area contributed by atoms with E-state index in [0.29, 0.717) is 18.7 Å². The number of rotatable bonds is 8. The summed E-state index contributed by atoms with van der Waals surface area (Å²) in [4.78, 5) is 17.6. The summed E-state index contributed by atoms with van der Waals surface area (Å²) >= 11 is 0.999. The quantitative estimate of drug-likeness (QED) is 0.338. The summed E-state index contributed by atoms with van der Waals surface area (Å²) in [5.41, 5.74) is -0.381. The molecule has 0 amide bonds. The van der Waals surface area contributed by atoms with Gasteiger partial charge in [-0.3, -0.25) is 0 Å². The van der Waals surface area contributed by atoms with E-state index >= 15 is 0 Å². The van der Waals surface area contributed by atoms with E-state index in [-0.39, 0.29) is 84.8 Å². The Kier molecular flexibility index (Phi) is 8.07. The molecule has 0 aromatic carbocycles. The van der Waals surface area contributed by atoms with E-state index < -0.39 is 17.8 Å². The van der Waals surface area contributed by atoms with Crippen molar-refractivity contribution in [3.63, 3.8) is 0 Å². The van der Waals surface area contributed by atoms with Gasteiger partial charge in [0.15, 0.2) is 10.8 Å². The van der Waals surface area contributed by atoms with Crippen LogP contribution in [0, 0.1) is 11.8 Å². The van der Waals surface area contributed by atoms with Gasteiger partial charge in [-0.2, -0.15) is 18.7 Å². The summed E-state index contributed by atoms with van der Waals surface area (Å²) in [6.45, 7) is 4.73. The fourth-order valence-electron chi connectivity index (χ4n) is 5.02. The standard InChI is InChI=1S/C25H33F6N5S/c1-14(12-16-4-8-24(28,29)9-5-16)15(2)19-34-20(21-33-18(13-37-21)23(3,26)27)36-22(35-19)32-17-6-10-25(30,31)11-7-17/h13-17H,4-12H2,1-3H3,(H,32,34,35,36)/t14?,15-/m0/s1. The highest BCUT2D eigenvalue weighted by Gasteiger charge is 2.37. The number of nitrogens with one attached hydrogen (secondary N) is 1. The molecule has 2 fully saturated rings. The van der Waals surface area contributed by atoms with Crippen molar-refractivity contribution >= 4 is 17.3 Å². The highest BCUT2D eigenvalue weighted by Crippen LogP contribution is 2.41. The highest BCUT2D eigenvalue weighted by atomic mass is 32.1. The van der Waals surface area contributed by atoms with E-state index in [1.807, 2.05) is 13.8 Å². The molecule has 2 aromatic heterocycles. The SMILES string of the molecule is CC(CC1CCC(F)(F)CC1)[C@H](C)c1nc(NC2CCC(F)(F)CC2)nc(-c2nc(C(C)(F)F)cs2)n1. The lowest BCUT2D eigenvalue weighted by Crippen LogP contribution is -2.32. The molecular weight excluding hydrogens is 516 g/mol. The van der Waals surface area contributed by atoms with Crippen molar-refractivity contribution in [1.29, 1.82) is 0 Å². The molecule has 12 heteroatoms. The van der Waals surface area contributed by atoms with Crippen molar-refractivity contribution < 1.29 is 26.3 Å². The highest BCUT2D eigenvalue weighted by molar-refractivity contribution is 7.13. The van der Waals surface area contributed by atoms with Crippen LogP contribution in [0.15, 0.2) is 5.38 Å². The molecule has 0 spiro atoms. The van der Waals surface area contributed by atoms with Crippen LogP contribution in [0.1, 0.15) is 96.0 Å². The molecule has 206 valence electrons. The van der Waals surface area contributed by atoms with Crippen LogP contribution in [0.4, 0.5) is 32.3 Å². The van der Waals surface area contributed by atoms with Gasteiger partial charge in [-0.25, -0.2) is 27.5 Å². The van der Waals surface area contributed by atoms with Crippen molar-refractivity contribution in [2.75, 3.05) is 5.32 Å². The normalized spacial score (nSPS) is 22.5. The summed E-state index contributed by atoms with van der Waals surface area (Å²) in [5, 5.41) is 4.62. The predicted octanol–water partition coefficient (Wildman–Crippen LogP) is 8.05. The molecule has 1 unspecified atom stereocenters. The maximum Gasteiger partial charge on any atom is 0.287 e. The Hall–Kier alpha value is -1.98. The zero-order valence-corrected chi connectivity index (χ0v) is 22.0. The number of halogens is 6. The van der Waals surface area contributed by atoms with E-state index in [1.54, 1.807) is 0 Å². The monoisotopic (exact) mass is 549 g/mol. The Morgan fingerprint density at radius 1 is 0.946 bits per heavy atom. The fraction of sp³-hybridized carbons (Fsp3) is 0.760. The van der Waals surface area contributed by atoms with Crippen LogP contribution in [-0.4, -0.2) is 37.8 Å². The van der Waals surface area contributed by atoms with E-state index in [4.69, 9.17) is 0 Å². The lowest BCUT2D eigenvalue weighted by Gasteiger charge is -2.31. The zero-order chi connectivity index (χ0) is 27.0. The van der Waals surface area contributed by atoms with Gasteiger partial charge in [0, 0.05) is 49.9 Å². The summed E-state index contributed by atoms with van der Waals surface area (Å²) in [7, 11) is 0. The fourth-order valence-corrected chi connectivity index (χ4v) is 5.85. The Balaban J connectivity index is 1.56. The second-order valence-corrected chi connectivity index (χ2v) is 11.7. The van der Waals surface area contributed by atoms with Crippen molar-refractivity contribution in [3.8, 4) is 10.8 Å². The molecule has 2 saturated carbocycles. The Labute approximate surface area is 216 Å². The minimum absolute atomic E-state index is 0.0695. The lowest BCUT2D eigenvalue weighted by atomic mass is 9.78. The third-order valence-electron chi connectivity index (χ3n) is 7.65. The van der Waals surface area contributed by atoms with Crippen molar-refractivity contribution in [3.05, 3.63) is 16.9 Å². The first-order chi connectivity index (χ1) is 17.2. The molecule has 0 bridgehead atoms. The Morgan fingerprint density at radius 2 is 1.54 bits per heavy atom. The first-order valence-corrected chi connectivity index (χ1v) is 13.7. The van der Waals surface area contributed by atoms with Crippen LogP contribution in [0.2, 0.25) is 0 Å². The minimum atomic E-state index is -3.11. The molecule has 0 aliphatic heterocycles. The molecule has 2 aromatic rings. The largest absolute Gasteiger partial charge is 0.351 e. The third kappa shape index (κ3) is 7.32. The molecule has 1 N–H and O–H groups in total. The van der Waals surface area contributed by atoms with Gasteiger partial charge in [-0.05, 0) is 43.9 Å². The van der Waals surface area contributed by atoms with Crippen LogP contribution in [0.25, 0.3) is 10.8 Å². The third-order valence-corrected chi connectivity index (χ3v) is 8.49. The van der Waals surface area contributed by atoms with Gasteiger partial charge in [-0.1, -0.05) is 13.8 Å². The van der Waals surface area contributed by atoms with Crippen LogP contribution >= 0.6 is 11.3 Å². The number of thiazole rings is 1. The van der Waals surface area contributed by atoms with Gasteiger partial charge in [-0.15, -0.1) is 11.3 Å². The molecule has 37 heavy (non-hydrogen) atoms. The average Bonchev–Trinajstić information content (AvgIpc) is 3.32. The van der Waals surface area contributed by atoms with Crippen LogP contribution in [-0.2, 0) is 5.92 Å². The van der Waals surface area contributed by atoms with Crippen LogP contribution in [0.5, 0.6) is 0 Å². The Bertz CT molecular complexity index is 1050. The summed E-state index contributed by atoms with van der Waals surface area (Å²) in [5.74, 6) is -7.51. The van der Waals surface area contributed by atoms with E-state index in [0.717, 1.165) is 24.7 Å². The van der Waals surface area contributed by atoms with Crippen molar-refractivity contribution in [2.24, 2.45) is 11.8 Å². The number of alkyl halides is 6. The first kappa shape index (κ1) is 28.0. The second kappa shape index (κ2) is 10.6. The van der Waals surface area contributed by atoms with Gasteiger partial charge in [0.1, 0.15) is 11.5 Å². The minimum Gasteiger partial charge on any atom is -0.351 e. The average molecular weight is 550 g/mol. The van der Waals surface area contributed by atoms with E-state index in [2.05, 4.69) is 25.3 Å². The number of hydrogen-bond acceptors (Lipinski definition) is 6. The molecule has 0 radical (unpaired) electrons. The van der Waals surface area contributed by atoms with Crippen molar-refractivity contribution in [2.45, 2.75) is 108 Å². The maximum atomic E-state index is 13.8. The molecule has 0 saturated heterocycles. The van der Waals surface area contributed by atoms with Crippen molar-refractivity contribution in [1.82, 2.24) is 19.9 Å². The molecular formula is C25H33F6N5S. The molecule has 2 atom stereocenters. The first-order valence-electron chi connectivity index (χ1n) is 12.8. The van der Waals surface area contributed by atoms with Crippen LogP contribution in [0.3, 0.4) is 0 Å². The number of hydrogen-bond donors (Lipinski definition) is 1. The number of anilines is 1. The molecule has 2 aliphatic carbocycles. The summed E-state index contributed by atoms with van der Waals surface area (Å²) in [6, 6.07) is -0.244. The molecule has 4 rings (SSSR count). The molecule has 2 aliphatic rings. The van der Waals surface area contributed by atoms with E-state index in [1.165, 1.54) is 5.38 Å². The van der Waals surface area contributed by atoms with E-state index in [9.17, 15) is 26.3 Å². The smallest absolute Gasteiger partial charge is 0.287 e. The number of aromatic nitrogens is 4. The maximum absolute atomic E-state index is 13.8. The number of nitrogens with zero attached hydrogens (tertiary/aromatic N) is 4. The van der Waals surface area contributed by atoms with Gasteiger partial charge in [0.25, 0.3) is 5.92 Å². The van der Waals surface area contributed by atoms with Gasteiger partial charge in [0.05, 0.1) is 0 Å². The second-order valence-electron chi connectivity index (χ2n) is 10.8. The topological polar surface area (TPSA) is 63.6 Å². The summed E-state index contributed by atoms with van der Waals surface area (Å²) in [6.07, 6.45) is 1.53. The summed E-state index contributed by atoms with van der Waals surface area (Å²) < 4.78 is 82.0. The van der Waals surface area contributed by atoms with Crippen LogP contribution < -0.4 is 5.32 Å².